The van der Waals surface area contributed by atoms with Crippen LogP contribution in [0.5, 0.6) is 0 Å². The Balaban J connectivity index is 2.88. The molecule has 1 saturated heterocycles. The smallest absolute Gasteiger partial charge is 0.332 e. The van der Waals surface area contributed by atoms with Crippen molar-refractivity contribution in [1.29, 1.82) is 0 Å². The van der Waals surface area contributed by atoms with E-state index in [0.717, 1.165) is 12.8 Å². The molecule has 17 heavy (non-hydrogen) atoms. The van der Waals surface area contributed by atoms with Gasteiger partial charge >= 0.3 is 12.0 Å². The van der Waals surface area contributed by atoms with Gasteiger partial charge in [0.15, 0.2) is 0 Å². The summed E-state index contributed by atoms with van der Waals surface area (Å²) in [7, 11) is 3.39. The van der Waals surface area contributed by atoms with E-state index in [4.69, 9.17) is 0 Å². The van der Waals surface area contributed by atoms with E-state index in [1.54, 1.807) is 14.1 Å². The molecule has 6 heteroatoms. The van der Waals surface area contributed by atoms with E-state index in [1.165, 1.54) is 9.91 Å². The van der Waals surface area contributed by atoms with Crippen LogP contribution in [-0.4, -0.2) is 53.7 Å². The third kappa shape index (κ3) is 3.09. The van der Waals surface area contributed by atoms with Crippen molar-refractivity contribution in [2.45, 2.75) is 32.7 Å². The summed E-state index contributed by atoms with van der Waals surface area (Å²) >= 11 is 0. The Kier molecular flexibility index (Phi) is 3.98. The molecule has 98 valence electrons. The highest BCUT2D eigenvalue weighted by molar-refractivity contribution is 5.83. The number of rotatable bonds is 2. The fourth-order valence-corrected chi connectivity index (χ4v) is 2.33. The van der Waals surface area contributed by atoms with Crippen LogP contribution >= 0.6 is 0 Å². The first-order valence-corrected chi connectivity index (χ1v) is 5.73. The molecule has 6 nitrogen and oxygen atoms in total. The molecule has 2 N–H and O–H groups in total. The third-order valence-electron chi connectivity index (χ3n) is 3.09. The fraction of sp³-hybridized carbons (Fsp3) is 0.818. The minimum absolute atomic E-state index is 0.352. The highest BCUT2D eigenvalue weighted by Gasteiger charge is 2.44. The Morgan fingerprint density at radius 2 is 2.00 bits per heavy atom. The number of carboxylic acids is 1. The number of hydrazine groups is 1. The lowest BCUT2D eigenvalue weighted by molar-refractivity contribution is -0.148. The number of carbonyl (C=O) groups excluding carboxylic acids is 1. The molecule has 1 fully saturated rings. The predicted molar refractivity (Wildman–Crippen MR) is 63.4 cm³/mol. The van der Waals surface area contributed by atoms with Crippen molar-refractivity contribution >= 4 is 12.0 Å². The van der Waals surface area contributed by atoms with Gasteiger partial charge in [-0.3, -0.25) is 5.43 Å². The average Bonchev–Trinajstić information content (AvgIpc) is 2.13. The van der Waals surface area contributed by atoms with E-state index < -0.39 is 17.4 Å². The Morgan fingerprint density at radius 3 is 2.47 bits per heavy atom. The summed E-state index contributed by atoms with van der Waals surface area (Å²) in [6.45, 7) is 4.27. The molecule has 0 saturated carbocycles. The van der Waals surface area contributed by atoms with Crippen LogP contribution in [0.15, 0.2) is 0 Å². The topological polar surface area (TPSA) is 72.9 Å². The fourth-order valence-electron chi connectivity index (χ4n) is 2.33. The predicted octanol–water partition coefficient (Wildman–Crippen LogP) is 0.748. The highest BCUT2D eigenvalue weighted by atomic mass is 16.4. The molecule has 0 aliphatic carbocycles. The molecule has 0 radical (unpaired) electrons. The van der Waals surface area contributed by atoms with Crippen molar-refractivity contribution in [2.24, 2.45) is 5.41 Å². The van der Waals surface area contributed by atoms with E-state index in [9.17, 15) is 14.7 Å². The number of carboxylic acid groups (broad SMARTS) is 1. The summed E-state index contributed by atoms with van der Waals surface area (Å²) < 4.78 is 0. The Hall–Kier alpha value is -1.30. The molecule has 0 aromatic carbocycles. The van der Waals surface area contributed by atoms with Gasteiger partial charge in [0.05, 0.1) is 0 Å². The Morgan fingerprint density at radius 1 is 1.41 bits per heavy atom. The van der Waals surface area contributed by atoms with Gasteiger partial charge in [0.2, 0.25) is 0 Å². The van der Waals surface area contributed by atoms with Crippen molar-refractivity contribution in [2.75, 3.05) is 20.6 Å². The van der Waals surface area contributed by atoms with Crippen molar-refractivity contribution in [3.05, 3.63) is 0 Å². The second kappa shape index (κ2) is 4.91. The molecule has 1 rings (SSSR count). The van der Waals surface area contributed by atoms with E-state index in [0.29, 0.717) is 6.54 Å². The Bertz CT molecular complexity index is 315. The van der Waals surface area contributed by atoms with E-state index in [1.807, 2.05) is 13.8 Å². The number of carbonyl (C=O) groups is 2. The van der Waals surface area contributed by atoms with Crippen LogP contribution < -0.4 is 5.43 Å². The summed E-state index contributed by atoms with van der Waals surface area (Å²) in [5.74, 6) is -0.941. The van der Waals surface area contributed by atoms with E-state index in [2.05, 4.69) is 5.43 Å². The molecular formula is C11H21N3O3. The molecular weight excluding hydrogens is 222 g/mol. The van der Waals surface area contributed by atoms with E-state index in [-0.39, 0.29) is 6.03 Å². The minimum Gasteiger partial charge on any atom is -0.480 e. The first-order valence-electron chi connectivity index (χ1n) is 5.73. The van der Waals surface area contributed by atoms with Gasteiger partial charge in [-0.15, -0.1) is 0 Å². The summed E-state index contributed by atoms with van der Waals surface area (Å²) in [6, 6.07) is -1.12. The number of hydrogen-bond donors (Lipinski definition) is 2. The average molecular weight is 243 g/mol. The molecule has 0 aromatic rings. The van der Waals surface area contributed by atoms with Gasteiger partial charge in [0, 0.05) is 20.6 Å². The zero-order chi connectivity index (χ0) is 13.2. The van der Waals surface area contributed by atoms with Gasteiger partial charge in [-0.2, -0.15) is 0 Å². The minimum atomic E-state index is -0.941. The SMILES string of the molecule is CN(C)NC(=O)N1CCCC(C)(C)C1C(=O)O. The van der Waals surface area contributed by atoms with E-state index >= 15 is 0 Å². The zero-order valence-electron chi connectivity index (χ0n) is 10.9. The van der Waals surface area contributed by atoms with Crippen LogP contribution in [0, 0.1) is 5.41 Å². The normalized spacial score (nSPS) is 23.6. The van der Waals surface area contributed by atoms with Gasteiger partial charge < -0.3 is 10.0 Å². The zero-order valence-corrected chi connectivity index (χ0v) is 10.9. The van der Waals surface area contributed by atoms with Crippen LogP contribution in [0.3, 0.4) is 0 Å². The lowest BCUT2D eigenvalue weighted by atomic mass is 9.76. The van der Waals surface area contributed by atoms with Crippen LogP contribution in [0.4, 0.5) is 4.79 Å². The van der Waals surface area contributed by atoms with Crippen molar-refractivity contribution in [3.63, 3.8) is 0 Å². The summed E-state index contributed by atoms with van der Waals surface area (Å²) in [5, 5.41) is 10.8. The Labute approximate surface area is 102 Å². The van der Waals surface area contributed by atoms with Crippen LogP contribution in [0.1, 0.15) is 26.7 Å². The number of nitrogens with one attached hydrogen (secondary N) is 1. The molecule has 1 aliphatic heterocycles. The largest absolute Gasteiger partial charge is 0.480 e. The standard InChI is InChI=1S/C11H21N3O3/c1-11(2)6-5-7-14(8(11)9(15)16)10(17)12-13(3)4/h8H,5-7H2,1-4H3,(H,12,17)(H,15,16). The van der Waals surface area contributed by atoms with Crippen LogP contribution in [-0.2, 0) is 4.79 Å². The first kappa shape index (κ1) is 13.8. The molecule has 0 spiro atoms. The number of nitrogens with zero attached hydrogens (tertiary/aromatic N) is 2. The lowest BCUT2D eigenvalue weighted by Crippen LogP contribution is -2.60. The first-order chi connectivity index (χ1) is 7.75. The molecule has 2 amide bonds. The number of aliphatic carboxylic acids is 1. The molecule has 1 heterocycles. The monoisotopic (exact) mass is 243 g/mol. The second-order valence-electron chi connectivity index (χ2n) is 5.34. The summed E-state index contributed by atoms with van der Waals surface area (Å²) in [6.07, 6.45) is 1.65. The number of likely N-dealkylation sites (tertiary alicyclic amines) is 1. The van der Waals surface area contributed by atoms with Gasteiger partial charge in [-0.05, 0) is 18.3 Å². The maximum atomic E-state index is 11.9. The quantitative estimate of drug-likeness (QED) is 0.702. The van der Waals surface area contributed by atoms with Crippen molar-refractivity contribution < 1.29 is 14.7 Å². The summed E-state index contributed by atoms with van der Waals surface area (Å²) in [5.41, 5.74) is 2.20. The molecule has 0 bridgehead atoms. The second-order valence-corrected chi connectivity index (χ2v) is 5.34. The van der Waals surface area contributed by atoms with Gasteiger partial charge in [-0.1, -0.05) is 13.8 Å². The van der Waals surface area contributed by atoms with Crippen molar-refractivity contribution in [3.8, 4) is 0 Å². The van der Waals surface area contributed by atoms with Gasteiger partial charge in [-0.25, -0.2) is 14.6 Å². The number of urea groups is 1. The molecule has 0 aromatic heterocycles. The molecule has 1 atom stereocenters. The van der Waals surface area contributed by atoms with Gasteiger partial charge in [0.25, 0.3) is 0 Å². The molecule has 1 unspecified atom stereocenters. The summed E-state index contributed by atoms with van der Waals surface area (Å²) in [4.78, 5) is 24.7. The van der Waals surface area contributed by atoms with Crippen LogP contribution in [0.2, 0.25) is 0 Å². The maximum absolute atomic E-state index is 11.9. The highest BCUT2D eigenvalue weighted by Crippen LogP contribution is 2.35. The van der Waals surface area contributed by atoms with Crippen molar-refractivity contribution in [1.82, 2.24) is 15.3 Å². The number of amides is 2. The van der Waals surface area contributed by atoms with Gasteiger partial charge in [0.1, 0.15) is 6.04 Å². The van der Waals surface area contributed by atoms with Crippen LogP contribution in [0.25, 0.3) is 0 Å². The third-order valence-corrected chi connectivity index (χ3v) is 3.09. The molecule has 1 aliphatic rings. The number of hydrogen-bond acceptors (Lipinski definition) is 3. The lowest BCUT2D eigenvalue weighted by Gasteiger charge is -2.44. The number of piperidine rings is 1. The maximum Gasteiger partial charge on any atom is 0.332 e.